The summed E-state index contributed by atoms with van der Waals surface area (Å²) in [5, 5.41) is 3.45. The Bertz CT molecular complexity index is 751. The Morgan fingerprint density at radius 3 is 2.48 bits per heavy atom. The molecule has 1 aliphatic rings. The van der Waals surface area contributed by atoms with Crippen molar-refractivity contribution in [3.8, 4) is 0 Å². The number of aryl methyl sites for hydroxylation is 1. The zero-order valence-electron chi connectivity index (χ0n) is 12.2. The van der Waals surface area contributed by atoms with Crippen LogP contribution in [-0.2, 0) is 9.84 Å². The van der Waals surface area contributed by atoms with Gasteiger partial charge in [0.1, 0.15) is 0 Å². The summed E-state index contributed by atoms with van der Waals surface area (Å²) in [7, 11) is -3.15. The highest BCUT2D eigenvalue weighted by atomic mass is 32.2. The molecular formula is C17H19NO2S. The largest absolute Gasteiger partial charge is 0.302 e. The highest BCUT2D eigenvalue weighted by molar-refractivity contribution is 7.91. The van der Waals surface area contributed by atoms with Crippen molar-refractivity contribution < 1.29 is 8.42 Å². The molecule has 1 aliphatic heterocycles. The number of fused-ring (bicyclic) bond motifs is 1. The molecule has 0 saturated carbocycles. The molecule has 2 unspecified atom stereocenters. The lowest BCUT2D eigenvalue weighted by Gasteiger charge is -2.20. The number of rotatable bonds is 3. The molecule has 0 spiro atoms. The van der Waals surface area contributed by atoms with E-state index in [1.54, 1.807) is 12.1 Å². The lowest BCUT2D eigenvalue weighted by Crippen LogP contribution is -2.25. The quantitative estimate of drug-likeness (QED) is 0.947. The Morgan fingerprint density at radius 2 is 1.76 bits per heavy atom. The van der Waals surface area contributed by atoms with Crippen molar-refractivity contribution in [2.45, 2.75) is 30.8 Å². The Kier molecular flexibility index (Phi) is 3.59. The van der Waals surface area contributed by atoms with Gasteiger partial charge in [-0.3, -0.25) is 0 Å². The fourth-order valence-electron chi connectivity index (χ4n) is 2.84. The Hall–Kier alpha value is -1.65. The van der Waals surface area contributed by atoms with Crippen LogP contribution in [0.2, 0.25) is 0 Å². The number of hydrogen-bond acceptors (Lipinski definition) is 3. The Labute approximate surface area is 125 Å². The van der Waals surface area contributed by atoms with E-state index in [-0.39, 0.29) is 17.8 Å². The van der Waals surface area contributed by atoms with E-state index >= 15 is 0 Å². The summed E-state index contributed by atoms with van der Waals surface area (Å²) in [5.74, 6) is 0.141. The van der Waals surface area contributed by atoms with E-state index in [1.807, 2.05) is 12.1 Å². The molecule has 21 heavy (non-hydrogen) atoms. The maximum absolute atomic E-state index is 12.2. The van der Waals surface area contributed by atoms with Crippen molar-refractivity contribution >= 4 is 9.84 Å². The van der Waals surface area contributed by atoms with Crippen LogP contribution in [0, 0.1) is 6.92 Å². The summed E-state index contributed by atoms with van der Waals surface area (Å²) in [6, 6.07) is 15.6. The number of benzene rings is 2. The Morgan fingerprint density at radius 1 is 1.10 bits per heavy atom. The highest BCUT2D eigenvalue weighted by Crippen LogP contribution is 2.34. The van der Waals surface area contributed by atoms with Gasteiger partial charge in [0.15, 0.2) is 9.84 Å². The van der Waals surface area contributed by atoms with E-state index in [4.69, 9.17) is 0 Å². The van der Waals surface area contributed by atoms with E-state index in [0.29, 0.717) is 4.90 Å². The third-order valence-electron chi connectivity index (χ3n) is 4.04. The lowest BCUT2D eigenvalue weighted by molar-refractivity contribution is 0.497. The van der Waals surface area contributed by atoms with Crippen molar-refractivity contribution in [3.05, 3.63) is 65.2 Å². The molecule has 1 heterocycles. The molecule has 110 valence electrons. The van der Waals surface area contributed by atoms with Crippen molar-refractivity contribution in [2.75, 3.05) is 5.75 Å². The van der Waals surface area contributed by atoms with Crippen molar-refractivity contribution in [1.82, 2.24) is 5.32 Å². The summed E-state index contributed by atoms with van der Waals surface area (Å²) in [6.45, 7) is 4.12. The minimum absolute atomic E-state index is 0.108. The molecule has 4 heteroatoms. The number of nitrogens with one attached hydrogen (secondary N) is 1. The highest BCUT2D eigenvalue weighted by Gasteiger charge is 2.34. The normalized spacial score (nSPS) is 21.0. The molecule has 0 aromatic heterocycles. The first kappa shape index (κ1) is 14.3. The van der Waals surface area contributed by atoms with Gasteiger partial charge < -0.3 is 5.32 Å². The summed E-state index contributed by atoms with van der Waals surface area (Å²) in [6.07, 6.45) is 0. The van der Waals surface area contributed by atoms with Gasteiger partial charge in [-0.1, -0.05) is 48.0 Å². The maximum Gasteiger partial charge on any atom is 0.180 e. The van der Waals surface area contributed by atoms with E-state index in [2.05, 4.69) is 43.4 Å². The van der Waals surface area contributed by atoms with Crippen LogP contribution in [0.1, 0.15) is 35.7 Å². The predicted octanol–water partition coefficient (Wildman–Crippen LogP) is 3.17. The van der Waals surface area contributed by atoms with Crippen LogP contribution >= 0.6 is 0 Å². The van der Waals surface area contributed by atoms with E-state index in [9.17, 15) is 8.42 Å². The molecule has 0 fully saturated rings. The molecule has 0 aliphatic carbocycles. The van der Waals surface area contributed by atoms with Crippen LogP contribution in [0.3, 0.4) is 0 Å². The number of sulfone groups is 1. The molecule has 3 rings (SSSR count). The molecule has 0 radical (unpaired) electrons. The summed E-state index contributed by atoms with van der Waals surface area (Å²) >= 11 is 0. The van der Waals surface area contributed by atoms with Crippen molar-refractivity contribution in [3.63, 3.8) is 0 Å². The van der Waals surface area contributed by atoms with Gasteiger partial charge in [-0.15, -0.1) is 0 Å². The molecule has 0 bridgehead atoms. The summed E-state index contributed by atoms with van der Waals surface area (Å²) < 4.78 is 24.4. The maximum atomic E-state index is 12.2. The molecule has 2 atom stereocenters. The predicted molar refractivity (Wildman–Crippen MR) is 84.0 cm³/mol. The van der Waals surface area contributed by atoms with Crippen LogP contribution in [-0.4, -0.2) is 14.2 Å². The van der Waals surface area contributed by atoms with E-state index in [0.717, 1.165) is 5.56 Å². The monoisotopic (exact) mass is 301 g/mol. The fraction of sp³-hybridized carbons (Fsp3) is 0.294. The molecular weight excluding hydrogens is 282 g/mol. The minimum atomic E-state index is -3.15. The molecule has 0 saturated heterocycles. The second-order valence-electron chi connectivity index (χ2n) is 5.67. The van der Waals surface area contributed by atoms with Crippen LogP contribution < -0.4 is 5.32 Å². The summed E-state index contributed by atoms with van der Waals surface area (Å²) in [4.78, 5) is 0.471. The van der Waals surface area contributed by atoms with Gasteiger partial charge in [0.2, 0.25) is 0 Å². The van der Waals surface area contributed by atoms with Gasteiger partial charge in [0.05, 0.1) is 10.6 Å². The summed E-state index contributed by atoms with van der Waals surface area (Å²) in [5.41, 5.74) is 3.28. The SMILES string of the molecule is Cc1ccc(C(C)NC2CS(=O)(=O)c3ccccc32)cc1. The fourth-order valence-corrected chi connectivity index (χ4v) is 4.59. The first-order chi connectivity index (χ1) is 9.97. The second-order valence-corrected chi connectivity index (χ2v) is 7.67. The molecule has 2 aromatic carbocycles. The number of hydrogen-bond donors (Lipinski definition) is 1. The van der Waals surface area contributed by atoms with Gasteiger partial charge in [0, 0.05) is 12.1 Å². The van der Waals surface area contributed by atoms with Gasteiger partial charge in [-0.25, -0.2) is 8.42 Å². The van der Waals surface area contributed by atoms with E-state index < -0.39 is 9.84 Å². The standard InChI is InChI=1S/C17H19NO2S/c1-12-7-9-14(10-8-12)13(2)18-16-11-21(19,20)17-6-4-3-5-15(16)17/h3-10,13,16,18H,11H2,1-2H3. The molecule has 0 amide bonds. The third-order valence-corrected chi connectivity index (χ3v) is 5.86. The zero-order chi connectivity index (χ0) is 15.0. The molecule has 3 nitrogen and oxygen atoms in total. The van der Waals surface area contributed by atoms with Gasteiger partial charge in [-0.2, -0.15) is 0 Å². The van der Waals surface area contributed by atoms with Crippen molar-refractivity contribution in [1.29, 1.82) is 0 Å². The van der Waals surface area contributed by atoms with Crippen LogP contribution in [0.25, 0.3) is 0 Å². The average Bonchev–Trinajstić information content (AvgIpc) is 2.71. The van der Waals surface area contributed by atoms with Crippen LogP contribution in [0.15, 0.2) is 53.4 Å². The first-order valence-corrected chi connectivity index (χ1v) is 8.77. The van der Waals surface area contributed by atoms with Crippen LogP contribution in [0.4, 0.5) is 0 Å². The topological polar surface area (TPSA) is 46.2 Å². The molecule has 1 N–H and O–H groups in total. The van der Waals surface area contributed by atoms with Gasteiger partial charge in [-0.05, 0) is 31.0 Å². The second kappa shape index (κ2) is 5.28. The Balaban J connectivity index is 1.85. The van der Waals surface area contributed by atoms with Crippen molar-refractivity contribution in [2.24, 2.45) is 0 Å². The molecule has 2 aromatic rings. The van der Waals surface area contributed by atoms with Gasteiger partial charge >= 0.3 is 0 Å². The van der Waals surface area contributed by atoms with E-state index in [1.165, 1.54) is 11.1 Å². The van der Waals surface area contributed by atoms with Crippen LogP contribution in [0.5, 0.6) is 0 Å². The average molecular weight is 301 g/mol. The lowest BCUT2D eigenvalue weighted by atomic mass is 10.0. The minimum Gasteiger partial charge on any atom is -0.302 e. The third kappa shape index (κ3) is 2.74. The van der Waals surface area contributed by atoms with Gasteiger partial charge in [0.25, 0.3) is 0 Å². The first-order valence-electron chi connectivity index (χ1n) is 7.12. The zero-order valence-corrected chi connectivity index (χ0v) is 13.0. The smallest absolute Gasteiger partial charge is 0.180 e.